The van der Waals surface area contributed by atoms with E-state index < -0.39 is 10.0 Å². The van der Waals surface area contributed by atoms with Crippen molar-refractivity contribution in [1.82, 2.24) is 4.72 Å². The Morgan fingerprint density at radius 2 is 1.88 bits per heavy atom. The number of nitrogens with one attached hydrogen (secondary N) is 2. The summed E-state index contributed by atoms with van der Waals surface area (Å²) in [4.78, 5) is 12.2. The van der Waals surface area contributed by atoms with Gasteiger partial charge in [0.15, 0.2) is 0 Å². The van der Waals surface area contributed by atoms with Gasteiger partial charge in [-0.2, -0.15) is 0 Å². The van der Waals surface area contributed by atoms with E-state index in [1.807, 2.05) is 6.92 Å². The van der Waals surface area contributed by atoms with Crippen molar-refractivity contribution in [2.24, 2.45) is 0 Å². The van der Waals surface area contributed by atoms with Crippen LogP contribution in [-0.4, -0.2) is 28.0 Å². The maximum absolute atomic E-state index is 12.3. The molecule has 0 saturated heterocycles. The minimum Gasteiger partial charge on any atom is -0.495 e. The van der Waals surface area contributed by atoms with E-state index in [1.165, 1.54) is 7.11 Å². The van der Waals surface area contributed by atoms with E-state index in [0.29, 0.717) is 22.0 Å². The van der Waals surface area contributed by atoms with Crippen molar-refractivity contribution in [3.63, 3.8) is 0 Å². The predicted octanol–water partition coefficient (Wildman–Crippen LogP) is 3.27. The standard InChI is InChI=1S/C18H21ClN2O4S/c1-12-4-7-17(13(2)10-12)26(23,24)20-9-8-18(22)21-14-5-6-16(25-3)15(19)11-14/h4-7,10-11,20H,8-9H2,1-3H3,(H,21,22). The van der Waals surface area contributed by atoms with Gasteiger partial charge in [-0.3, -0.25) is 4.79 Å². The smallest absolute Gasteiger partial charge is 0.240 e. The SMILES string of the molecule is COc1ccc(NC(=O)CCNS(=O)(=O)c2ccc(C)cc2C)cc1Cl. The van der Waals surface area contributed by atoms with E-state index in [1.54, 1.807) is 43.3 Å². The van der Waals surface area contributed by atoms with Gasteiger partial charge in [0, 0.05) is 18.7 Å². The van der Waals surface area contributed by atoms with Gasteiger partial charge in [-0.1, -0.05) is 29.3 Å². The van der Waals surface area contributed by atoms with Crippen molar-refractivity contribution in [2.45, 2.75) is 25.2 Å². The maximum Gasteiger partial charge on any atom is 0.240 e. The van der Waals surface area contributed by atoms with Gasteiger partial charge in [-0.15, -0.1) is 0 Å². The maximum atomic E-state index is 12.3. The molecular weight excluding hydrogens is 376 g/mol. The Labute approximate surface area is 158 Å². The average molecular weight is 397 g/mol. The fraction of sp³-hybridized carbons (Fsp3) is 0.278. The lowest BCUT2D eigenvalue weighted by Gasteiger charge is -2.11. The Kier molecular flexibility index (Phi) is 6.63. The molecule has 1 amide bonds. The predicted molar refractivity (Wildman–Crippen MR) is 102 cm³/mol. The molecule has 140 valence electrons. The van der Waals surface area contributed by atoms with E-state index in [9.17, 15) is 13.2 Å². The van der Waals surface area contributed by atoms with Crippen molar-refractivity contribution in [1.29, 1.82) is 0 Å². The number of carbonyl (C=O) groups excluding carboxylic acids is 1. The van der Waals surface area contributed by atoms with E-state index in [-0.39, 0.29) is 23.8 Å². The van der Waals surface area contributed by atoms with Crippen molar-refractivity contribution in [2.75, 3.05) is 19.0 Å². The van der Waals surface area contributed by atoms with Crippen LogP contribution in [0.5, 0.6) is 5.75 Å². The summed E-state index contributed by atoms with van der Waals surface area (Å²) in [5, 5.41) is 3.04. The Bertz CT molecular complexity index is 913. The molecule has 0 aromatic heterocycles. The molecule has 0 saturated carbocycles. The topological polar surface area (TPSA) is 84.5 Å². The lowest BCUT2D eigenvalue weighted by molar-refractivity contribution is -0.116. The normalized spacial score (nSPS) is 11.2. The third kappa shape index (κ3) is 5.20. The number of anilines is 1. The molecule has 2 N–H and O–H groups in total. The number of benzene rings is 2. The second-order valence-corrected chi connectivity index (χ2v) is 7.96. The molecule has 0 spiro atoms. The summed E-state index contributed by atoms with van der Waals surface area (Å²) in [6, 6.07) is 9.96. The quantitative estimate of drug-likeness (QED) is 0.752. The van der Waals surface area contributed by atoms with Gasteiger partial charge < -0.3 is 10.1 Å². The van der Waals surface area contributed by atoms with Crippen molar-refractivity contribution in [3.8, 4) is 5.75 Å². The molecule has 0 heterocycles. The molecule has 26 heavy (non-hydrogen) atoms. The van der Waals surface area contributed by atoms with E-state index in [2.05, 4.69) is 10.0 Å². The van der Waals surface area contributed by atoms with Crippen molar-refractivity contribution in [3.05, 3.63) is 52.5 Å². The molecular formula is C18H21ClN2O4S. The molecule has 2 aromatic rings. The minimum absolute atomic E-state index is 0.00616. The van der Waals surface area contributed by atoms with Crippen LogP contribution in [-0.2, 0) is 14.8 Å². The summed E-state index contributed by atoms with van der Waals surface area (Å²) in [5.74, 6) is 0.181. The fourth-order valence-electron chi connectivity index (χ4n) is 2.45. The van der Waals surface area contributed by atoms with Crippen LogP contribution < -0.4 is 14.8 Å². The number of amides is 1. The molecule has 6 nitrogen and oxygen atoms in total. The summed E-state index contributed by atoms with van der Waals surface area (Å²) >= 11 is 6.00. The molecule has 0 atom stereocenters. The van der Waals surface area contributed by atoms with Gasteiger partial charge in [-0.05, 0) is 43.7 Å². The lowest BCUT2D eigenvalue weighted by atomic mass is 10.2. The molecule has 0 radical (unpaired) electrons. The first-order valence-electron chi connectivity index (χ1n) is 7.93. The van der Waals surface area contributed by atoms with Gasteiger partial charge >= 0.3 is 0 Å². The highest BCUT2D eigenvalue weighted by atomic mass is 35.5. The molecule has 0 aliphatic carbocycles. The first-order chi connectivity index (χ1) is 12.2. The summed E-state index contributed by atoms with van der Waals surface area (Å²) in [6.07, 6.45) is -0.00616. The number of halogens is 1. The number of ether oxygens (including phenoxy) is 1. The first-order valence-corrected chi connectivity index (χ1v) is 9.79. The second kappa shape index (κ2) is 8.53. The van der Waals surface area contributed by atoms with Gasteiger partial charge in [0.2, 0.25) is 15.9 Å². The van der Waals surface area contributed by atoms with Crippen LogP contribution in [0.15, 0.2) is 41.3 Å². The van der Waals surface area contributed by atoms with Crippen molar-refractivity contribution < 1.29 is 17.9 Å². The van der Waals surface area contributed by atoms with Crippen LogP contribution in [0.1, 0.15) is 17.5 Å². The van der Waals surface area contributed by atoms with Crippen LogP contribution >= 0.6 is 11.6 Å². The Morgan fingerprint density at radius 1 is 1.15 bits per heavy atom. The fourth-order valence-corrected chi connectivity index (χ4v) is 3.96. The Hall–Kier alpha value is -2.09. The van der Waals surface area contributed by atoms with Crippen LogP contribution in [0, 0.1) is 13.8 Å². The Morgan fingerprint density at radius 3 is 2.50 bits per heavy atom. The number of hydrogen-bond donors (Lipinski definition) is 2. The van der Waals surface area contributed by atoms with Crippen LogP contribution in [0.25, 0.3) is 0 Å². The zero-order valence-corrected chi connectivity index (χ0v) is 16.4. The van der Waals surface area contributed by atoms with Gasteiger partial charge in [0.25, 0.3) is 0 Å². The third-order valence-electron chi connectivity index (χ3n) is 3.70. The average Bonchev–Trinajstić information content (AvgIpc) is 2.54. The molecule has 2 rings (SSSR count). The number of rotatable bonds is 7. The first kappa shape index (κ1) is 20.2. The molecule has 0 unspecified atom stereocenters. The monoisotopic (exact) mass is 396 g/mol. The Balaban J connectivity index is 1.92. The highest BCUT2D eigenvalue weighted by Crippen LogP contribution is 2.27. The molecule has 0 fully saturated rings. The van der Waals surface area contributed by atoms with E-state index >= 15 is 0 Å². The zero-order chi connectivity index (χ0) is 19.3. The van der Waals surface area contributed by atoms with Crippen LogP contribution in [0.2, 0.25) is 5.02 Å². The molecule has 2 aromatic carbocycles. The summed E-state index contributed by atoms with van der Waals surface area (Å²) in [7, 11) is -2.16. The number of hydrogen-bond acceptors (Lipinski definition) is 4. The van der Waals surface area contributed by atoms with E-state index in [4.69, 9.17) is 16.3 Å². The minimum atomic E-state index is -3.66. The molecule has 8 heteroatoms. The molecule has 0 aliphatic heterocycles. The van der Waals surface area contributed by atoms with Crippen LogP contribution in [0.3, 0.4) is 0 Å². The second-order valence-electron chi connectivity index (χ2n) is 5.81. The van der Waals surface area contributed by atoms with Gasteiger partial charge in [-0.25, -0.2) is 13.1 Å². The van der Waals surface area contributed by atoms with Crippen LogP contribution in [0.4, 0.5) is 5.69 Å². The highest BCUT2D eigenvalue weighted by molar-refractivity contribution is 7.89. The summed E-state index contributed by atoms with van der Waals surface area (Å²) < 4.78 is 32.2. The molecule has 0 aliphatic rings. The summed E-state index contributed by atoms with van der Waals surface area (Å²) in [6.45, 7) is 3.62. The number of methoxy groups -OCH3 is 1. The lowest BCUT2D eigenvalue weighted by Crippen LogP contribution is -2.28. The molecule has 0 bridgehead atoms. The third-order valence-corrected chi connectivity index (χ3v) is 5.62. The number of aryl methyl sites for hydroxylation is 2. The van der Waals surface area contributed by atoms with Gasteiger partial charge in [0.05, 0.1) is 17.0 Å². The zero-order valence-electron chi connectivity index (χ0n) is 14.8. The van der Waals surface area contributed by atoms with Gasteiger partial charge in [0.1, 0.15) is 5.75 Å². The number of sulfonamides is 1. The summed E-state index contributed by atoms with van der Waals surface area (Å²) in [5.41, 5.74) is 2.16. The largest absolute Gasteiger partial charge is 0.495 e. The van der Waals surface area contributed by atoms with Crippen molar-refractivity contribution >= 4 is 33.2 Å². The number of carbonyl (C=O) groups is 1. The van der Waals surface area contributed by atoms with E-state index in [0.717, 1.165) is 5.56 Å². The highest BCUT2D eigenvalue weighted by Gasteiger charge is 2.16.